The molecule has 0 aromatic heterocycles. The summed E-state index contributed by atoms with van der Waals surface area (Å²) >= 11 is 1.35. The maximum Gasteiger partial charge on any atom is 0.339 e. The molecule has 132 valence electrons. The van der Waals surface area contributed by atoms with E-state index >= 15 is 0 Å². The summed E-state index contributed by atoms with van der Waals surface area (Å²) in [6.45, 7) is 0. The second-order valence-corrected chi connectivity index (χ2v) is 5.94. The van der Waals surface area contributed by atoms with E-state index in [4.69, 9.17) is 14.2 Å². The molecule has 0 aliphatic heterocycles. The van der Waals surface area contributed by atoms with Crippen LogP contribution in [-0.4, -0.2) is 39.0 Å². The number of carbonyl (C=O) groups is 2. The normalized spacial score (nSPS) is 10.0. The van der Waals surface area contributed by atoms with Gasteiger partial charge < -0.3 is 19.5 Å². The van der Waals surface area contributed by atoms with Gasteiger partial charge >= 0.3 is 5.97 Å². The number of carbonyl (C=O) groups excluding carboxylic acids is 2. The first-order valence-corrected chi connectivity index (χ1v) is 8.39. The Morgan fingerprint density at radius 1 is 1.00 bits per heavy atom. The third-order valence-electron chi connectivity index (χ3n) is 3.33. The molecule has 0 atom stereocenters. The Morgan fingerprint density at radius 2 is 1.72 bits per heavy atom. The van der Waals surface area contributed by atoms with Crippen molar-refractivity contribution in [1.82, 2.24) is 0 Å². The van der Waals surface area contributed by atoms with Gasteiger partial charge in [-0.3, -0.25) is 4.79 Å². The van der Waals surface area contributed by atoms with Gasteiger partial charge in [0.05, 0.1) is 38.3 Å². The number of methoxy groups -OCH3 is 3. The minimum absolute atomic E-state index is 0.186. The molecular weight excluding hydrogens is 342 g/mol. The maximum absolute atomic E-state index is 12.2. The van der Waals surface area contributed by atoms with E-state index in [0.717, 1.165) is 4.90 Å². The van der Waals surface area contributed by atoms with Crippen molar-refractivity contribution in [3.63, 3.8) is 0 Å². The Hall–Kier alpha value is -2.67. The number of hydrogen-bond acceptors (Lipinski definition) is 6. The van der Waals surface area contributed by atoms with Crippen molar-refractivity contribution in [1.29, 1.82) is 0 Å². The van der Waals surface area contributed by atoms with E-state index in [1.807, 2.05) is 6.07 Å². The summed E-state index contributed by atoms with van der Waals surface area (Å²) < 4.78 is 15.1. The lowest BCUT2D eigenvalue weighted by Gasteiger charge is -2.11. The van der Waals surface area contributed by atoms with E-state index in [-0.39, 0.29) is 11.7 Å². The quantitative estimate of drug-likeness (QED) is 0.603. The van der Waals surface area contributed by atoms with Crippen LogP contribution >= 0.6 is 11.8 Å². The van der Waals surface area contributed by atoms with Crippen LogP contribution in [0.5, 0.6) is 11.5 Å². The van der Waals surface area contributed by atoms with Crippen LogP contribution in [0.3, 0.4) is 0 Å². The number of esters is 1. The summed E-state index contributed by atoms with van der Waals surface area (Å²) in [5.74, 6) is 0.692. The van der Waals surface area contributed by atoms with Gasteiger partial charge in [0.2, 0.25) is 5.91 Å². The van der Waals surface area contributed by atoms with Crippen molar-refractivity contribution in [3.05, 3.63) is 48.0 Å². The zero-order valence-electron chi connectivity index (χ0n) is 14.2. The summed E-state index contributed by atoms with van der Waals surface area (Å²) in [5.41, 5.74) is 0.738. The van der Waals surface area contributed by atoms with Crippen LogP contribution in [0.4, 0.5) is 5.69 Å². The summed E-state index contributed by atoms with van der Waals surface area (Å²) in [5, 5.41) is 2.73. The monoisotopic (exact) mass is 361 g/mol. The van der Waals surface area contributed by atoms with Crippen LogP contribution in [0, 0.1) is 0 Å². The van der Waals surface area contributed by atoms with E-state index in [1.165, 1.54) is 18.9 Å². The van der Waals surface area contributed by atoms with Crippen LogP contribution < -0.4 is 14.8 Å². The average molecular weight is 361 g/mol. The van der Waals surface area contributed by atoms with Gasteiger partial charge in [0.25, 0.3) is 0 Å². The van der Waals surface area contributed by atoms with E-state index in [2.05, 4.69) is 5.32 Å². The molecule has 7 heteroatoms. The number of amides is 1. The molecule has 0 heterocycles. The molecule has 1 amide bonds. The predicted molar refractivity (Wildman–Crippen MR) is 96.7 cm³/mol. The Balaban J connectivity index is 2.01. The fourth-order valence-corrected chi connectivity index (χ4v) is 2.85. The molecule has 2 rings (SSSR count). The maximum atomic E-state index is 12.2. The lowest BCUT2D eigenvalue weighted by atomic mass is 10.2. The molecule has 1 N–H and O–H groups in total. The number of thioether (sulfide) groups is 1. The fraction of sp³-hybridized carbons (Fsp3) is 0.222. The molecular formula is C18H19NO5S. The second-order valence-electron chi connectivity index (χ2n) is 4.89. The summed E-state index contributed by atoms with van der Waals surface area (Å²) in [4.78, 5) is 24.8. The summed E-state index contributed by atoms with van der Waals surface area (Å²) in [7, 11) is 4.42. The molecule has 0 fully saturated rings. The minimum Gasteiger partial charge on any atom is -0.493 e. The van der Waals surface area contributed by atoms with Crippen molar-refractivity contribution in [3.8, 4) is 11.5 Å². The molecule has 2 aromatic rings. The van der Waals surface area contributed by atoms with Crippen LogP contribution in [0.15, 0.2) is 47.4 Å². The fourth-order valence-electron chi connectivity index (χ4n) is 2.12. The first-order chi connectivity index (χ1) is 12.1. The minimum atomic E-state index is -0.497. The molecule has 6 nitrogen and oxygen atoms in total. The van der Waals surface area contributed by atoms with Gasteiger partial charge in [-0.2, -0.15) is 0 Å². The Morgan fingerprint density at radius 3 is 2.40 bits per heavy atom. The second kappa shape index (κ2) is 8.98. The van der Waals surface area contributed by atoms with Gasteiger partial charge in [0.1, 0.15) is 0 Å². The lowest BCUT2D eigenvalue weighted by molar-refractivity contribution is -0.113. The molecule has 0 spiro atoms. The van der Waals surface area contributed by atoms with Crippen molar-refractivity contribution in [2.45, 2.75) is 4.90 Å². The predicted octanol–water partition coefficient (Wildman–Crippen LogP) is 3.22. The molecule has 0 saturated heterocycles. The number of para-hydroxylation sites is 1. The topological polar surface area (TPSA) is 73.9 Å². The van der Waals surface area contributed by atoms with E-state index in [9.17, 15) is 9.59 Å². The molecule has 0 unspecified atom stereocenters. The third-order valence-corrected chi connectivity index (χ3v) is 4.33. The van der Waals surface area contributed by atoms with Gasteiger partial charge in [-0.25, -0.2) is 4.79 Å². The lowest BCUT2D eigenvalue weighted by Crippen LogP contribution is -2.17. The highest BCUT2D eigenvalue weighted by Crippen LogP contribution is 2.31. The molecule has 0 saturated carbocycles. The number of rotatable bonds is 7. The Kier molecular flexibility index (Phi) is 6.71. The van der Waals surface area contributed by atoms with E-state index < -0.39 is 5.97 Å². The van der Waals surface area contributed by atoms with Gasteiger partial charge in [0, 0.05) is 4.90 Å². The summed E-state index contributed by atoms with van der Waals surface area (Å²) in [6, 6.07) is 12.1. The zero-order valence-corrected chi connectivity index (χ0v) is 15.0. The Bertz CT molecular complexity index is 763. The third kappa shape index (κ3) is 4.90. The van der Waals surface area contributed by atoms with Crippen LogP contribution in [0.1, 0.15) is 10.4 Å². The van der Waals surface area contributed by atoms with E-state index in [1.54, 1.807) is 50.6 Å². The smallest absolute Gasteiger partial charge is 0.339 e. The molecule has 0 bridgehead atoms. The summed E-state index contributed by atoms with van der Waals surface area (Å²) in [6.07, 6.45) is 0. The van der Waals surface area contributed by atoms with Gasteiger partial charge in [0.15, 0.2) is 11.5 Å². The van der Waals surface area contributed by atoms with Gasteiger partial charge in [-0.1, -0.05) is 12.1 Å². The van der Waals surface area contributed by atoms with Crippen molar-refractivity contribution in [2.24, 2.45) is 0 Å². The standard InChI is InChI=1S/C18H19NO5S/c1-22-15-9-8-12(10-16(15)23-2)25-11-17(20)19-14-7-5-4-6-13(14)18(21)24-3/h4-10H,11H2,1-3H3,(H,19,20). The highest BCUT2D eigenvalue weighted by molar-refractivity contribution is 8.00. The molecule has 2 aromatic carbocycles. The number of benzene rings is 2. The van der Waals surface area contributed by atoms with Gasteiger partial charge in [-0.05, 0) is 30.3 Å². The van der Waals surface area contributed by atoms with Crippen molar-refractivity contribution >= 4 is 29.3 Å². The molecule has 0 radical (unpaired) electrons. The van der Waals surface area contributed by atoms with E-state index in [0.29, 0.717) is 22.7 Å². The molecule has 0 aliphatic carbocycles. The van der Waals surface area contributed by atoms with Crippen LogP contribution in [0.2, 0.25) is 0 Å². The van der Waals surface area contributed by atoms with Gasteiger partial charge in [-0.15, -0.1) is 11.8 Å². The average Bonchev–Trinajstić information content (AvgIpc) is 2.65. The number of hydrogen-bond donors (Lipinski definition) is 1. The molecule has 0 aliphatic rings. The number of nitrogens with one attached hydrogen (secondary N) is 1. The highest BCUT2D eigenvalue weighted by atomic mass is 32.2. The zero-order chi connectivity index (χ0) is 18.2. The first-order valence-electron chi connectivity index (χ1n) is 7.41. The largest absolute Gasteiger partial charge is 0.493 e. The first kappa shape index (κ1) is 18.7. The van der Waals surface area contributed by atoms with Crippen LogP contribution in [-0.2, 0) is 9.53 Å². The highest BCUT2D eigenvalue weighted by Gasteiger charge is 2.13. The van der Waals surface area contributed by atoms with Crippen molar-refractivity contribution < 1.29 is 23.8 Å². The van der Waals surface area contributed by atoms with Crippen molar-refractivity contribution in [2.75, 3.05) is 32.4 Å². The number of anilines is 1. The van der Waals surface area contributed by atoms with Crippen LogP contribution in [0.25, 0.3) is 0 Å². The number of ether oxygens (including phenoxy) is 3. The molecule has 25 heavy (non-hydrogen) atoms. The Labute approximate surface area is 150 Å². The SMILES string of the molecule is COC(=O)c1ccccc1NC(=O)CSc1ccc(OC)c(OC)c1.